The zero-order chi connectivity index (χ0) is 13.0. The topological polar surface area (TPSA) is 51.2 Å². The number of aryl methyl sites for hydroxylation is 1. The predicted molar refractivity (Wildman–Crippen MR) is 72.0 cm³/mol. The average Bonchev–Trinajstić information content (AvgIpc) is 2.81. The minimum absolute atomic E-state index is 0.320. The van der Waals surface area contributed by atoms with Crippen molar-refractivity contribution in [2.45, 2.75) is 13.5 Å². The fraction of sp³-hybridized carbons (Fsp3) is 0.231. The summed E-state index contributed by atoms with van der Waals surface area (Å²) < 4.78 is 4.64. The Balaban J connectivity index is 1.98. The molecule has 0 aliphatic carbocycles. The molecule has 1 heterocycles. The fourth-order valence-electron chi connectivity index (χ4n) is 1.52. The molecule has 0 saturated heterocycles. The highest BCUT2D eigenvalue weighted by Gasteiger charge is 2.05. The van der Waals surface area contributed by atoms with Gasteiger partial charge in [-0.05, 0) is 31.2 Å². The highest BCUT2D eigenvalue weighted by Crippen LogP contribution is 2.16. The van der Waals surface area contributed by atoms with Gasteiger partial charge in [0.2, 0.25) is 0 Å². The lowest BCUT2D eigenvalue weighted by atomic mass is 10.2. The SMILES string of the molecule is COC(=O)c1ccc(NCc2scnc2C)cc1. The number of benzene rings is 1. The minimum Gasteiger partial charge on any atom is -0.465 e. The van der Waals surface area contributed by atoms with Crippen molar-refractivity contribution >= 4 is 23.0 Å². The van der Waals surface area contributed by atoms with E-state index in [4.69, 9.17) is 0 Å². The van der Waals surface area contributed by atoms with Crippen LogP contribution in [0.4, 0.5) is 5.69 Å². The monoisotopic (exact) mass is 262 g/mol. The highest BCUT2D eigenvalue weighted by molar-refractivity contribution is 7.09. The Bertz CT molecular complexity index is 534. The first-order valence-electron chi connectivity index (χ1n) is 5.52. The molecule has 0 unspecified atom stereocenters. The largest absolute Gasteiger partial charge is 0.465 e. The second-order valence-electron chi connectivity index (χ2n) is 3.78. The number of methoxy groups -OCH3 is 1. The lowest BCUT2D eigenvalue weighted by Gasteiger charge is -2.06. The van der Waals surface area contributed by atoms with Gasteiger partial charge in [-0.3, -0.25) is 0 Å². The Kier molecular flexibility index (Phi) is 3.94. The maximum Gasteiger partial charge on any atom is 0.337 e. The van der Waals surface area contributed by atoms with Crippen LogP contribution < -0.4 is 5.32 Å². The zero-order valence-electron chi connectivity index (χ0n) is 10.3. The van der Waals surface area contributed by atoms with Crippen molar-refractivity contribution in [1.29, 1.82) is 0 Å². The predicted octanol–water partition coefficient (Wildman–Crippen LogP) is 2.85. The molecule has 18 heavy (non-hydrogen) atoms. The van der Waals surface area contributed by atoms with Crippen molar-refractivity contribution in [2.75, 3.05) is 12.4 Å². The van der Waals surface area contributed by atoms with E-state index in [9.17, 15) is 4.79 Å². The van der Waals surface area contributed by atoms with Crippen molar-refractivity contribution < 1.29 is 9.53 Å². The number of carbonyl (C=O) groups is 1. The van der Waals surface area contributed by atoms with Crippen LogP contribution in [0.5, 0.6) is 0 Å². The normalized spacial score (nSPS) is 10.1. The van der Waals surface area contributed by atoms with Crippen LogP contribution in [-0.4, -0.2) is 18.1 Å². The number of rotatable bonds is 4. The van der Waals surface area contributed by atoms with Crippen molar-refractivity contribution in [2.24, 2.45) is 0 Å². The first-order valence-corrected chi connectivity index (χ1v) is 6.40. The molecule has 0 aliphatic heterocycles. The van der Waals surface area contributed by atoms with Gasteiger partial charge in [-0.1, -0.05) is 0 Å². The van der Waals surface area contributed by atoms with Crippen LogP contribution >= 0.6 is 11.3 Å². The molecule has 0 fully saturated rings. The second-order valence-corrected chi connectivity index (χ2v) is 4.72. The number of hydrogen-bond acceptors (Lipinski definition) is 5. The third kappa shape index (κ3) is 2.87. The summed E-state index contributed by atoms with van der Waals surface area (Å²) in [5, 5.41) is 3.29. The molecule has 0 atom stereocenters. The fourth-order valence-corrected chi connectivity index (χ4v) is 2.24. The van der Waals surface area contributed by atoms with Crippen molar-refractivity contribution in [3.63, 3.8) is 0 Å². The number of hydrogen-bond donors (Lipinski definition) is 1. The minimum atomic E-state index is -0.320. The van der Waals surface area contributed by atoms with E-state index in [1.54, 1.807) is 23.5 Å². The molecule has 5 heteroatoms. The molecule has 0 bridgehead atoms. The first kappa shape index (κ1) is 12.6. The average molecular weight is 262 g/mol. The summed E-state index contributed by atoms with van der Waals surface area (Å²) in [6.45, 7) is 2.74. The Morgan fingerprint density at radius 3 is 2.67 bits per heavy atom. The molecular weight excluding hydrogens is 248 g/mol. The highest BCUT2D eigenvalue weighted by atomic mass is 32.1. The lowest BCUT2D eigenvalue weighted by Crippen LogP contribution is -2.02. The van der Waals surface area contributed by atoms with E-state index < -0.39 is 0 Å². The van der Waals surface area contributed by atoms with E-state index in [0.717, 1.165) is 17.9 Å². The molecule has 0 amide bonds. The van der Waals surface area contributed by atoms with Gasteiger partial charge in [0.25, 0.3) is 0 Å². The van der Waals surface area contributed by atoms with Crippen LogP contribution in [-0.2, 0) is 11.3 Å². The second kappa shape index (κ2) is 5.64. The zero-order valence-corrected chi connectivity index (χ0v) is 11.1. The number of carbonyl (C=O) groups excluding carboxylic acids is 1. The molecule has 0 radical (unpaired) electrons. The van der Waals surface area contributed by atoms with E-state index in [-0.39, 0.29) is 5.97 Å². The van der Waals surface area contributed by atoms with Gasteiger partial charge >= 0.3 is 5.97 Å². The number of aromatic nitrogens is 1. The van der Waals surface area contributed by atoms with Crippen LogP contribution in [0.3, 0.4) is 0 Å². The van der Waals surface area contributed by atoms with E-state index in [1.165, 1.54) is 12.0 Å². The molecule has 94 valence electrons. The molecule has 1 N–H and O–H groups in total. The Labute approximate surface area is 110 Å². The van der Waals surface area contributed by atoms with E-state index >= 15 is 0 Å². The summed E-state index contributed by atoms with van der Waals surface area (Å²) in [6.07, 6.45) is 0. The smallest absolute Gasteiger partial charge is 0.337 e. The molecule has 2 aromatic rings. The molecule has 0 spiro atoms. The molecule has 1 aromatic heterocycles. The molecular formula is C13H14N2O2S. The lowest BCUT2D eigenvalue weighted by molar-refractivity contribution is 0.0601. The number of nitrogens with one attached hydrogen (secondary N) is 1. The third-order valence-corrected chi connectivity index (χ3v) is 3.54. The van der Waals surface area contributed by atoms with E-state index in [2.05, 4.69) is 15.0 Å². The van der Waals surface area contributed by atoms with Crippen LogP contribution in [0, 0.1) is 6.92 Å². The van der Waals surface area contributed by atoms with Gasteiger partial charge in [0.05, 0.1) is 30.4 Å². The summed E-state index contributed by atoms with van der Waals surface area (Å²) in [5.41, 5.74) is 4.42. The molecule has 1 aromatic carbocycles. The van der Waals surface area contributed by atoms with Crippen LogP contribution in [0.15, 0.2) is 29.8 Å². The summed E-state index contributed by atoms with van der Waals surface area (Å²) in [4.78, 5) is 16.7. The van der Waals surface area contributed by atoms with Gasteiger partial charge in [0.1, 0.15) is 0 Å². The van der Waals surface area contributed by atoms with Gasteiger partial charge in [0.15, 0.2) is 0 Å². The van der Waals surface area contributed by atoms with Crippen LogP contribution in [0.25, 0.3) is 0 Å². The number of anilines is 1. The quantitative estimate of drug-likeness (QED) is 0.861. The standard InChI is InChI=1S/C13H14N2O2S/c1-9-12(18-8-15-9)7-14-11-5-3-10(4-6-11)13(16)17-2/h3-6,8,14H,7H2,1-2H3. The number of esters is 1. The molecule has 0 saturated carbocycles. The number of ether oxygens (including phenoxy) is 1. The van der Waals surface area contributed by atoms with Gasteiger partial charge in [0, 0.05) is 10.6 Å². The van der Waals surface area contributed by atoms with Crippen LogP contribution in [0.1, 0.15) is 20.9 Å². The third-order valence-electron chi connectivity index (χ3n) is 2.60. The van der Waals surface area contributed by atoms with Gasteiger partial charge in [-0.25, -0.2) is 9.78 Å². The maximum atomic E-state index is 11.3. The van der Waals surface area contributed by atoms with E-state index in [0.29, 0.717) is 5.56 Å². The van der Waals surface area contributed by atoms with Gasteiger partial charge in [-0.2, -0.15) is 0 Å². The molecule has 0 aliphatic rings. The van der Waals surface area contributed by atoms with E-state index in [1.807, 2.05) is 24.6 Å². The van der Waals surface area contributed by atoms with Gasteiger partial charge < -0.3 is 10.1 Å². The van der Waals surface area contributed by atoms with Crippen molar-refractivity contribution in [3.05, 3.63) is 45.9 Å². The van der Waals surface area contributed by atoms with Crippen LogP contribution in [0.2, 0.25) is 0 Å². The Morgan fingerprint density at radius 2 is 2.11 bits per heavy atom. The first-order chi connectivity index (χ1) is 8.70. The Hall–Kier alpha value is -1.88. The van der Waals surface area contributed by atoms with Crippen molar-refractivity contribution in [3.8, 4) is 0 Å². The molecule has 2 rings (SSSR count). The number of nitrogens with zero attached hydrogens (tertiary/aromatic N) is 1. The summed E-state index contributed by atoms with van der Waals surface area (Å²) >= 11 is 1.63. The Morgan fingerprint density at radius 1 is 1.39 bits per heavy atom. The molecule has 4 nitrogen and oxygen atoms in total. The summed E-state index contributed by atoms with van der Waals surface area (Å²) in [5.74, 6) is -0.320. The summed E-state index contributed by atoms with van der Waals surface area (Å²) in [6, 6.07) is 7.21. The summed E-state index contributed by atoms with van der Waals surface area (Å²) in [7, 11) is 1.38. The van der Waals surface area contributed by atoms with Gasteiger partial charge in [-0.15, -0.1) is 11.3 Å². The maximum absolute atomic E-state index is 11.3. The van der Waals surface area contributed by atoms with Crippen molar-refractivity contribution in [1.82, 2.24) is 4.98 Å². The number of thiazole rings is 1.